The van der Waals surface area contributed by atoms with Crippen LogP contribution in [0.5, 0.6) is 0 Å². The van der Waals surface area contributed by atoms with Gasteiger partial charge in [0, 0.05) is 16.6 Å². The Bertz CT molecular complexity index is 595. The van der Waals surface area contributed by atoms with Gasteiger partial charge in [0.05, 0.1) is 0 Å². The van der Waals surface area contributed by atoms with Crippen LogP contribution >= 0.6 is 15.9 Å². The SMILES string of the molecule is Cc1cc(NC(=O)C[C@@H](C)c2ccccc2)ccc1Br. The van der Waals surface area contributed by atoms with Gasteiger partial charge >= 0.3 is 0 Å². The number of hydrogen-bond donors (Lipinski definition) is 1. The van der Waals surface area contributed by atoms with E-state index in [0.29, 0.717) is 6.42 Å². The summed E-state index contributed by atoms with van der Waals surface area (Å²) in [5, 5.41) is 2.95. The maximum Gasteiger partial charge on any atom is 0.224 e. The molecular formula is C17H18BrNO. The highest BCUT2D eigenvalue weighted by molar-refractivity contribution is 9.10. The molecule has 0 saturated heterocycles. The van der Waals surface area contributed by atoms with Gasteiger partial charge in [0.2, 0.25) is 5.91 Å². The number of amides is 1. The highest BCUT2D eigenvalue weighted by atomic mass is 79.9. The van der Waals surface area contributed by atoms with Gasteiger partial charge in [0.15, 0.2) is 0 Å². The van der Waals surface area contributed by atoms with Crippen LogP contribution in [0, 0.1) is 6.92 Å². The molecule has 0 heterocycles. The van der Waals surface area contributed by atoms with Crippen molar-refractivity contribution in [1.29, 1.82) is 0 Å². The molecule has 3 heteroatoms. The second-order valence-electron chi connectivity index (χ2n) is 5.03. The smallest absolute Gasteiger partial charge is 0.224 e. The first kappa shape index (κ1) is 14.8. The highest BCUT2D eigenvalue weighted by Crippen LogP contribution is 2.22. The van der Waals surface area contributed by atoms with E-state index in [1.807, 2.05) is 43.3 Å². The van der Waals surface area contributed by atoms with Crippen LogP contribution in [-0.2, 0) is 4.79 Å². The van der Waals surface area contributed by atoms with Crippen LogP contribution in [0.1, 0.15) is 30.4 Å². The number of aryl methyl sites for hydroxylation is 1. The Balaban J connectivity index is 1.97. The largest absolute Gasteiger partial charge is 0.326 e. The van der Waals surface area contributed by atoms with Gasteiger partial charge in [-0.2, -0.15) is 0 Å². The zero-order chi connectivity index (χ0) is 14.5. The Hall–Kier alpha value is -1.61. The van der Waals surface area contributed by atoms with E-state index in [-0.39, 0.29) is 11.8 Å². The minimum atomic E-state index is 0.0445. The molecule has 2 rings (SSSR count). The summed E-state index contributed by atoms with van der Waals surface area (Å²) in [6, 6.07) is 15.9. The molecule has 0 aromatic heterocycles. The fourth-order valence-electron chi connectivity index (χ4n) is 2.11. The van der Waals surface area contributed by atoms with E-state index in [0.717, 1.165) is 15.7 Å². The van der Waals surface area contributed by atoms with Crippen LogP contribution in [0.4, 0.5) is 5.69 Å². The molecule has 0 saturated carbocycles. The average Bonchev–Trinajstić information content (AvgIpc) is 2.44. The van der Waals surface area contributed by atoms with Gasteiger partial charge in [0.25, 0.3) is 0 Å². The van der Waals surface area contributed by atoms with Crippen molar-refractivity contribution >= 4 is 27.5 Å². The predicted octanol–water partition coefficient (Wildman–Crippen LogP) is 4.89. The molecular weight excluding hydrogens is 314 g/mol. The van der Waals surface area contributed by atoms with Crippen molar-refractivity contribution in [1.82, 2.24) is 0 Å². The lowest BCUT2D eigenvalue weighted by Gasteiger charge is -2.12. The molecule has 20 heavy (non-hydrogen) atoms. The van der Waals surface area contributed by atoms with Crippen molar-refractivity contribution in [3.8, 4) is 0 Å². The second kappa shape index (κ2) is 6.71. The quantitative estimate of drug-likeness (QED) is 0.849. The molecule has 1 amide bonds. The molecule has 0 aliphatic rings. The summed E-state index contributed by atoms with van der Waals surface area (Å²) in [7, 11) is 0. The Kier molecular flexibility index (Phi) is 4.96. The van der Waals surface area contributed by atoms with Gasteiger partial charge in [-0.1, -0.05) is 53.2 Å². The fourth-order valence-corrected chi connectivity index (χ4v) is 2.36. The Morgan fingerprint density at radius 3 is 2.55 bits per heavy atom. The van der Waals surface area contributed by atoms with Crippen molar-refractivity contribution in [2.24, 2.45) is 0 Å². The first-order chi connectivity index (χ1) is 9.56. The molecule has 1 N–H and O–H groups in total. The Morgan fingerprint density at radius 2 is 1.90 bits per heavy atom. The van der Waals surface area contributed by atoms with E-state index in [2.05, 4.69) is 40.3 Å². The van der Waals surface area contributed by atoms with Crippen LogP contribution in [0.15, 0.2) is 53.0 Å². The van der Waals surface area contributed by atoms with Crippen molar-refractivity contribution in [2.45, 2.75) is 26.2 Å². The van der Waals surface area contributed by atoms with E-state index < -0.39 is 0 Å². The molecule has 0 radical (unpaired) electrons. The number of hydrogen-bond acceptors (Lipinski definition) is 1. The summed E-state index contributed by atoms with van der Waals surface area (Å²) >= 11 is 3.45. The minimum Gasteiger partial charge on any atom is -0.326 e. The lowest BCUT2D eigenvalue weighted by molar-refractivity contribution is -0.116. The summed E-state index contributed by atoms with van der Waals surface area (Å²) < 4.78 is 1.05. The van der Waals surface area contributed by atoms with E-state index >= 15 is 0 Å². The highest BCUT2D eigenvalue weighted by Gasteiger charge is 2.11. The van der Waals surface area contributed by atoms with Gasteiger partial charge in [-0.15, -0.1) is 0 Å². The van der Waals surface area contributed by atoms with E-state index in [9.17, 15) is 4.79 Å². The van der Waals surface area contributed by atoms with Gasteiger partial charge in [0.1, 0.15) is 0 Å². The number of anilines is 1. The topological polar surface area (TPSA) is 29.1 Å². The lowest BCUT2D eigenvalue weighted by atomic mass is 9.97. The third kappa shape index (κ3) is 3.94. The first-order valence-electron chi connectivity index (χ1n) is 6.67. The number of halogens is 1. The molecule has 2 aromatic rings. The van der Waals surface area contributed by atoms with Crippen molar-refractivity contribution in [3.63, 3.8) is 0 Å². The van der Waals surface area contributed by atoms with Crippen molar-refractivity contribution in [3.05, 3.63) is 64.1 Å². The number of carbonyl (C=O) groups excluding carboxylic acids is 1. The molecule has 0 aliphatic carbocycles. The third-order valence-corrected chi connectivity index (χ3v) is 4.19. The second-order valence-corrected chi connectivity index (χ2v) is 5.88. The van der Waals surface area contributed by atoms with Crippen molar-refractivity contribution in [2.75, 3.05) is 5.32 Å². The van der Waals surface area contributed by atoms with Gasteiger partial charge in [-0.05, 0) is 42.2 Å². The molecule has 104 valence electrons. The van der Waals surface area contributed by atoms with Gasteiger partial charge in [-0.25, -0.2) is 0 Å². The van der Waals surface area contributed by atoms with Gasteiger partial charge in [-0.3, -0.25) is 4.79 Å². The number of carbonyl (C=O) groups is 1. The predicted molar refractivity (Wildman–Crippen MR) is 87.0 cm³/mol. The van der Waals surface area contributed by atoms with Crippen LogP contribution in [-0.4, -0.2) is 5.91 Å². The number of nitrogens with one attached hydrogen (secondary N) is 1. The molecule has 2 aromatic carbocycles. The summed E-state index contributed by atoms with van der Waals surface area (Å²) in [5.74, 6) is 0.260. The first-order valence-corrected chi connectivity index (χ1v) is 7.46. The summed E-state index contributed by atoms with van der Waals surface area (Å²) in [5.41, 5.74) is 3.14. The monoisotopic (exact) mass is 331 g/mol. The lowest BCUT2D eigenvalue weighted by Crippen LogP contribution is -2.14. The molecule has 2 nitrogen and oxygen atoms in total. The van der Waals surface area contributed by atoms with Gasteiger partial charge < -0.3 is 5.32 Å². The normalized spacial score (nSPS) is 11.9. The van der Waals surface area contributed by atoms with Crippen LogP contribution in [0.2, 0.25) is 0 Å². The fraction of sp³-hybridized carbons (Fsp3) is 0.235. The van der Waals surface area contributed by atoms with Crippen LogP contribution < -0.4 is 5.32 Å². The van der Waals surface area contributed by atoms with E-state index in [4.69, 9.17) is 0 Å². The van der Waals surface area contributed by atoms with E-state index in [1.165, 1.54) is 5.56 Å². The molecule has 0 fully saturated rings. The Labute approximate surface area is 128 Å². The van der Waals surface area contributed by atoms with Crippen LogP contribution in [0.3, 0.4) is 0 Å². The number of rotatable bonds is 4. The van der Waals surface area contributed by atoms with Crippen molar-refractivity contribution < 1.29 is 4.79 Å². The Morgan fingerprint density at radius 1 is 1.20 bits per heavy atom. The summed E-state index contributed by atoms with van der Waals surface area (Å²) in [4.78, 5) is 12.1. The summed E-state index contributed by atoms with van der Waals surface area (Å²) in [6.45, 7) is 4.08. The molecule has 1 atom stereocenters. The maximum atomic E-state index is 12.1. The molecule has 0 unspecified atom stereocenters. The van der Waals surface area contributed by atoms with Crippen LogP contribution in [0.25, 0.3) is 0 Å². The molecule has 0 aliphatic heterocycles. The molecule has 0 bridgehead atoms. The molecule has 0 spiro atoms. The standard InChI is InChI=1S/C17H18BrNO/c1-12(14-6-4-3-5-7-14)11-17(20)19-15-8-9-16(18)13(2)10-15/h3-10,12H,11H2,1-2H3,(H,19,20)/t12-/m1/s1. The van der Waals surface area contributed by atoms with E-state index in [1.54, 1.807) is 0 Å². The minimum absolute atomic E-state index is 0.0445. The maximum absolute atomic E-state index is 12.1. The zero-order valence-electron chi connectivity index (χ0n) is 11.7. The summed E-state index contributed by atoms with van der Waals surface area (Å²) in [6.07, 6.45) is 0.485. The third-order valence-electron chi connectivity index (χ3n) is 3.30. The zero-order valence-corrected chi connectivity index (χ0v) is 13.3. The average molecular weight is 332 g/mol. The number of benzene rings is 2.